The number of pyridine rings is 1. The lowest BCUT2D eigenvalue weighted by atomic mass is 10.2. The number of benzene rings is 1. The minimum absolute atomic E-state index is 0.0300. The van der Waals surface area contributed by atoms with E-state index in [-0.39, 0.29) is 12.4 Å². The van der Waals surface area contributed by atoms with Crippen LogP contribution in [-0.2, 0) is 9.53 Å². The van der Waals surface area contributed by atoms with Gasteiger partial charge < -0.3 is 9.47 Å². The Morgan fingerprint density at radius 2 is 2.11 bits per heavy atom. The molecule has 0 saturated heterocycles. The third-order valence-corrected chi connectivity index (χ3v) is 2.54. The van der Waals surface area contributed by atoms with E-state index in [2.05, 4.69) is 11.6 Å². The molecule has 4 heteroatoms. The number of aromatic nitrogens is 1. The Bertz CT molecular complexity index is 634. The molecule has 4 nitrogen and oxygen atoms in total. The number of carbonyl (C=O) groups is 1. The van der Waals surface area contributed by atoms with Crippen molar-refractivity contribution in [2.24, 2.45) is 0 Å². The van der Waals surface area contributed by atoms with Crippen LogP contribution >= 0.6 is 0 Å². The van der Waals surface area contributed by atoms with Gasteiger partial charge in [-0.3, -0.25) is 4.98 Å². The first-order valence-corrected chi connectivity index (χ1v) is 6.02. The summed E-state index contributed by atoms with van der Waals surface area (Å²) in [5.74, 6) is -0.0280. The van der Waals surface area contributed by atoms with Gasteiger partial charge in [0, 0.05) is 17.1 Å². The van der Waals surface area contributed by atoms with Crippen molar-refractivity contribution in [1.29, 1.82) is 0 Å². The van der Waals surface area contributed by atoms with Crippen LogP contribution in [0.5, 0.6) is 5.75 Å². The van der Waals surface area contributed by atoms with Crippen molar-refractivity contribution in [2.45, 2.75) is 13.8 Å². The second-order valence-electron chi connectivity index (χ2n) is 4.02. The second kappa shape index (κ2) is 5.52. The fourth-order valence-corrected chi connectivity index (χ4v) is 1.74. The Morgan fingerprint density at radius 1 is 1.37 bits per heavy atom. The number of nitrogens with zero attached hydrogens (tertiary/aromatic N) is 1. The van der Waals surface area contributed by atoms with Crippen molar-refractivity contribution in [1.82, 2.24) is 4.98 Å². The summed E-state index contributed by atoms with van der Waals surface area (Å²) in [5, 5.41) is 0.832. The topological polar surface area (TPSA) is 48.4 Å². The summed E-state index contributed by atoms with van der Waals surface area (Å²) >= 11 is 0. The third-order valence-electron chi connectivity index (χ3n) is 2.54. The minimum atomic E-state index is -0.555. The zero-order valence-corrected chi connectivity index (χ0v) is 11.0. The highest BCUT2D eigenvalue weighted by Gasteiger charge is 2.13. The Labute approximate surface area is 111 Å². The molecule has 1 aromatic heterocycles. The zero-order chi connectivity index (χ0) is 13.8. The molecule has 2 rings (SSSR count). The van der Waals surface area contributed by atoms with Gasteiger partial charge in [0.15, 0.2) is 0 Å². The largest absolute Gasteiger partial charge is 0.460 e. The number of aryl methyl sites for hydroxylation is 1. The predicted octanol–water partition coefficient (Wildman–Crippen LogP) is 3.00. The SMILES string of the molecule is C=C(Oc1cc(C)nc2ccccc12)C(=O)OCC. The van der Waals surface area contributed by atoms with E-state index in [1.807, 2.05) is 31.2 Å². The van der Waals surface area contributed by atoms with E-state index in [1.165, 1.54) is 0 Å². The maximum absolute atomic E-state index is 11.5. The van der Waals surface area contributed by atoms with Crippen molar-refractivity contribution < 1.29 is 14.3 Å². The maximum Gasteiger partial charge on any atom is 0.373 e. The van der Waals surface area contributed by atoms with Crippen LogP contribution in [0, 0.1) is 6.92 Å². The number of hydrogen-bond acceptors (Lipinski definition) is 4. The molecule has 1 heterocycles. The van der Waals surface area contributed by atoms with Gasteiger partial charge >= 0.3 is 5.97 Å². The number of fused-ring (bicyclic) bond motifs is 1. The lowest BCUT2D eigenvalue weighted by molar-refractivity contribution is -0.140. The molecule has 0 bridgehead atoms. The molecular formula is C15H15NO3. The molecule has 0 fully saturated rings. The molecular weight excluding hydrogens is 242 g/mol. The highest BCUT2D eigenvalue weighted by atomic mass is 16.6. The van der Waals surface area contributed by atoms with Crippen molar-refractivity contribution in [2.75, 3.05) is 6.61 Å². The van der Waals surface area contributed by atoms with E-state index in [0.717, 1.165) is 16.6 Å². The van der Waals surface area contributed by atoms with Crippen LogP contribution in [0.15, 0.2) is 42.7 Å². The van der Waals surface area contributed by atoms with Crippen LogP contribution in [0.2, 0.25) is 0 Å². The molecule has 0 aliphatic rings. The van der Waals surface area contributed by atoms with Crippen LogP contribution in [-0.4, -0.2) is 17.6 Å². The molecule has 0 saturated carbocycles. The summed E-state index contributed by atoms with van der Waals surface area (Å²) in [5.41, 5.74) is 1.62. The molecule has 0 radical (unpaired) electrons. The van der Waals surface area contributed by atoms with E-state index >= 15 is 0 Å². The van der Waals surface area contributed by atoms with Gasteiger partial charge in [0.25, 0.3) is 0 Å². The molecule has 98 valence electrons. The summed E-state index contributed by atoms with van der Waals surface area (Å²) in [6.07, 6.45) is 0. The molecule has 0 amide bonds. The Hall–Kier alpha value is -2.36. The van der Waals surface area contributed by atoms with Crippen LogP contribution in [0.25, 0.3) is 10.9 Å². The summed E-state index contributed by atoms with van der Waals surface area (Å²) in [6, 6.07) is 9.34. The molecule has 0 aliphatic carbocycles. The quantitative estimate of drug-likeness (QED) is 0.480. The van der Waals surface area contributed by atoms with Crippen LogP contribution in [0.4, 0.5) is 0 Å². The van der Waals surface area contributed by atoms with Gasteiger partial charge in [-0.2, -0.15) is 0 Å². The van der Waals surface area contributed by atoms with Gasteiger partial charge in [0.05, 0.1) is 12.1 Å². The molecule has 0 aliphatic heterocycles. The van der Waals surface area contributed by atoms with Crippen LogP contribution in [0.3, 0.4) is 0 Å². The lowest BCUT2D eigenvalue weighted by Gasteiger charge is -2.10. The van der Waals surface area contributed by atoms with Gasteiger partial charge in [-0.05, 0) is 32.6 Å². The maximum atomic E-state index is 11.5. The van der Waals surface area contributed by atoms with Crippen molar-refractivity contribution >= 4 is 16.9 Å². The van der Waals surface area contributed by atoms with Crippen LogP contribution < -0.4 is 4.74 Å². The van der Waals surface area contributed by atoms with Gasteiger partial charge in [-0.25, -0.2) is 4.79 Å². The highest BCUT2D eigenvalue weighted by molar-refractivity contribution is 5.89. The molecule has 0 atom stereocenters. The molecule has 19 heavy (non-hydrogen) atoms. The first kappa shape index (κ1) is 13.1. The molecule has 0 unspecified atom stereocenters. The van der Waals surface area contributed by atoms with Gasteiger partial charge in [0.1, 0.15) is 5.75 Å². The van der Waals surface area contributed by atoms with E-state index in [1.54, 1.807) is 13.0 Å². The number of esters is 1. The fraction of sp³-hybridized carbons (Fsp3) is 0.200. The predicted molar refractivity (Wildman–Crippen MR) is 72.9 cm³/mol. The summed E-state index contributed by atoms with van der Waals surface area (Å²) in [4.78, 5) is 15.9. The summed E-state index contributed by atoms with van der Waals surface area (Å²) < 4.78 is 10.4. The number of carbonyl (C=O) groups excluding carboxylic acids is 1. The Kier molecular flexibility index (Phi) is 3.80. The molecule has 1 aromatic carbocycles. The number of rotatable bonds is 4. The summed E-state index contributed by atoms with van der Waals surface area (Å²) in [6.45, 7) is 7.48. The van der Waals surface area contributed by atoms with Crippen molar-refractivity contribution in [3.8, 4) is 5.75 Å². The standard InChI is InChI=1S/C15H15NO3/c1-4-18-15(17)11(3)19-14-9-10(2)16-13-8-6-5-7-12(13)14/h5-9H,3-4H2,1-2H3. The average Bonchev–Trinajstić information content (AvgIpc) is 2.38. The number of para-hydroxylation sites is 1. The number of ether oxygens (including phenoxy) is 2. The highest BCUT2D eigenvalue weighted by Crippen LogP contribution is 2.26. The second-order valence-corrected chi connectivity index (χ2v) is 4.02. The molecule has 0 spiro atoms. The first-order chi connectivity index (χ1) is 9.11. The van der Waals surface area contributed by atoms with Crippen LogP contribution in [0.1, 0.15) is 12.6 Å². The van der Waals surface area contributed by atoms with Crippen molar-refractivity contribution in [3.05, 3.63) is 48.4 Å². The number of hydrogen-bond donors (Lipinski definition) is 0. The van der Waals surface area contributed by atoms with Crippen molar-refractivity contribution in [3.63, 3.8) is 0 Å². The van der Waals surface area contributed by atoms with Gasteiger partial charge in [-0.1, -0.05) is 12.1 Å². The Balaban J connectivity index is 2.35. The van der Waals surface area contributed by atoms with E-state index in [4.69, 9.17) is 9.47 Å². The average molecular weight is 257 g/mol. The molecule has 2 aromatic rings. The normalized spacial score (nSPS) is 10.2. The lowest BCUT2D eigenvalue weighted by Crippen LogP contribution is -2.11. The fourth-order valence-electron chi connectivity index (χ4n) is 1.74. The summed E-state index contributed by atoms with van der Waals surface area (Å²) in [7, 11) is 0. The Morgan fingerprint density at radius 3 is 2.84 bits per heavy atom. The van der Waals surface area contributed by atoms with E-state index < -0.39 is 5.97 Å². The molecule has 0 N–H and O–H groups in total. The third kappa shape index (κ3) is 2.91. The van der Waals surface area contributed by atoms with Gasteiger partial charge in [-0.15, -0.1) is 0 Å². The smallest absolute Gasteiger partial charge is 0.373 e. The van der Waals surface area contributed by atoms with E-state index in [9.17, 15) is 4.79 Å². The first-order valence-electron chi connectivity index (χ1n) is 6.02. The van der Waals surface area contributed by atoms with Gasteiger partial charge in [0.2, 0.25) is 5.76 Å². The zero-order valence-electron chi connectivity index (χ0n) is 11.0. The minimum Gasteiger partial charge on any atom is -0.460 e. The monoisotopic (exact) mass is 257 g/mol. The van der Waals surface area contributed by atoms with E-state index in [0.29, 0.717) is 5.75 Å².